The standard InChI is InChI=1S/C19H20FN3O5/c1-27-17(24)4-2-3-11-21-18(25)19(26)23-14-7-10-16(22-12-14)28-15-8-5-13(20)6-9-15/h5-10,12H,2-4,11H2,1H3,(H,21,25)(H,23,26). The number of esters is 1. The normalized spacial score (nSPS) is 10.1. The summed E-state index contributed by atoms with van der Waals surface area (Å²) in [6.07, 6.45) is 2.69. The Morgan fingerprint density at radius 3 is 2.43 bits per heavy atom. The molecule has 0 aliphatic rings. The second-order valence-electron chi connectivity index (χ2n) is 5.68. The molecule has 0 unspecified atom stereocenters. The van der Waals surface area contributed by atoms with E-state index in [0.717, 1.165) is 0 Å². The van der Waals surface area contributed by atoms with Gasteiger partial charge in [0, 0.05) is 19.0 Å². The summed E-state index contributed by atoms with van der Waals surface area (Å²) in [6, 6.07) is 8.47. The minimum atomic E-state index is -0.832. The highest BCUT2D eigenvalue weighted by atomic mass is 19.1. The fourth-order valence-electron chi connectivity index (χ4n) is 2.10. The highest BCUT2D eigenvalue weighted by Gasteiger charge is 2.13. The lowest BCUT2D eigenvalue weighted by Gasteiger charge is -2.08. The Morgan fingerprint density at radius 1 is 1.04 bits per heavy atom. The molecule has 2 aromatic rings. The molecule has 1 aromatic heterocycles. The van der Waals surface area contributed by atoms with Crippen LogP contribution in [0.5, 0.6) is 11.6 Å². The zero-order valence-corrected chi connectivity index (χ0v) is 15.2. The third-order valence-corrected chi connectivity index (χ3v) is 3.56. The first-order chi connectivity index (χ1) is 13.5. The van der Waals surface area contributed by atoms with Crippen molar-refractivity contribution in [3.63, 3.8) is 0 Å². The Balaban J connectivity index is 1.74. The van der Waals surface area contributed by atoms with Crippen LogP contribution in [0.4, 0.5) is 10.1 Å². The number of hydrogen-bond acceptors (Lipinski definition) is 6. The summed E-state index contributed by atoms with van der Waals surface area (Å²) in [5.41, 5.74) is 0.317. The zero-order valence-electron chi connectivity index (χ0n) is 15.2. The van der Waals surface area contributed by atoms with Gasteiger partial charge < -0.3 is 20.1 Å². The molecular weight excluding hydrogens is 369 g/mol. The van der Waals surface area contributed by atoms with Crippen LogP contribution in [0.3, 0.4) is 0 Å². The van der Waals surface area contributed by atoms with Gasteiger partial charge in [-0.05, 0) is 43.2 Å². The van der Waals surface area contributed by atoms with E-state index in [1.165, 1.54) is 49.7 Å². The highest BCUT2D eigenvalue weighted by molar-refractivity contribution is 6.39. The summed E-state index contributed by atoms with van der Waals surface area (Å²) >= 11 is 0. The predicted octanol–water partition coefficient (Wildman–Crippen LogP) is 2.41. The zero-order chi connectivity index (χ0) is 20.4. The van der Waals surface area contributed by atoms with Gasteiger partial charge in [0.05, 0.1) is 19.0 Å². The molecule has 2 rings (SSSR count). The van der Waals surface area contributed by atoms with Crippen molar-refractivity contribution < 1.29 is 28.2 Å². The quantitative estimate of drug-likeness (QED) is 0.408. The lowest BCUT2D eigenvalue weighted by Crippen LogP contribution is -2.35. The van der Waals surface area contributed by atoms with Crippen molar-refractivity contribution >= 4 is 23.5 Å². The number of carbonyl (C=O) groups is 3. The van der Waals surface area contributed by atoms with Gasteiger partial charge in [0.1, 0.15) is 11.6 Å². The minimum absolute atomic E-state index is 0.250. The highest BCUT2D eigenvalue weighted by Crippen LogP contribution is 2.20. The fraction of sp³-hybridized carbons (Fsp3) is 0.263. The van der Waals surface area contributed by atoms with Gasteiger partial charge in [-0.25, -0.2) is 9.37 Å². The molecule has 9 heteroatoms. The van der Waals surface area contributed by atoms with Gasteiger partial charge >= 0.3 is 17.8 Å². The first kappa shape index (κ1) is 20.8. The van der Waals surface area contributed by atoms with Crippen LogP contribution < -0.4 is 15.4 Å². The molecular formula is C19H20FN3O5. The fourth-order valence-corrected chi connectivity index (χ4v) is 2.10. The topological polar surface area (TPSA) is 107 Å². The number of ether oxygens (including phenoxy) is 2. The van der Waals surface area contributed by atoms with E-state index in [2.05, 4.69) is 20.4 Å². The van der Waals surface area contributed by atoms with Crippen molar-refractivity contribution in [3.05, 3.63) is 48.4 Å². The number of anilines is 1. The van der Waals surface area contributed by atoms with Crippen LogP contribution in [0.1, 0.15) is 19.3 Å². The molecule has 0 spiro atoms. The van der Waals surface area contributed by atoms with Crippen LogP contribution >= 0.6 is 0 Å². The molecule has 2 N–H and O–H groups in total. The lowest BCUT2D eigenvalue weighted by molar-refractivity contribution is -0.140. The largest absolute Gasteiger partial charge is 0.469 e. The lowest BCUT2D eigenvalue weighted by atomic mass is 10.2. The Labute approximate surface area is 161 Å². The third kappa shape index (κ3) is 7.02. The number of aromatic nitrogens is 1. The summed E-state index contributed by atoms with van der Waals surface area (Å²) in [5.74, 6) is -1.65. The van der Waals surface area contributed by atoms with E-state index in [9.17, 15) is 18.8 Å². The molecule has 0 bridgehead atoms. The van der Waals surface area contributed by atoms with Crippen LogP contribution in [0.15, 0.2) is 42.6 Å². The molecule has 1 heterocycles. The number of nitrogens with one attached hydrogen (secondary N) is 2. The molecule has 0 atom stereocenters. The smallest absolute Gasteiger partial charge is 0.313 e. The van der Waals surface area contributed by atoms with Crippen molar-refractivity contribution in [2.45, 2.75) is 19.3 Å². The van der Waals surface area contributed by atoms with Crippen LogP contribution in [-0.2, 0) is 19.1 Å². The van der Waals surface area contributed by atoms with Crippen LogP contribution in [0, 0.1) is 5.82 Å². The van der Waals surface area contributed by atoms with Gasteiger partial charge in [-0.1, -0.05) is 0 Å². The Kier molecular flexibility index (Phi) is 7.89. The number of benzene rings is 1. The molecule has 0 radical (unpaired) electrons. The Hall–Kier alpha value is -3.49. The Morgan fingerprint density at radius 2 is 1.79 bits per heavy atom. The number of rotatable bonds is 8. The third-order valence-electron chi connectivity index (χ3n) is 3.56. The summed E-state index contributed by atoms with van der Waals surface area (Å²) < 4.78 is 22.8. The predicted molar refractivity (Wildman–Crippen MR) is 98.2 cm³/mol. The maximum Gasteiger partial charge on any atom is 0.313 e. The van der Waals surface area contributed by atoms with E-state index in [4.69, 9.17) is 4.74 Å². The molecule has 0 fully saturated rings. The molecule has 148 valence electrons. The summed E-state index contributed by atoms with van der Waals surface area (Å²) in [6.45, 7) is 0.270. The monoisotopic (exact) mass is 389 g/mol. The summed E-state index contributed by atoms with van der Waals surface area (Å²) in [7, 11) is 1.31. The van der Waals surface area contributed by atoms with E-state index in [0.29, 0.717) is 24.3 Å². The number of halogens is 1. The SMILES string of the molecule is COC(=O)CCCCNC(=O)C(=O)Nc1ccc(Oc2ccc(F)cc2)nc1. The van der Waals surface area contributed by atoms with E-state index >= 15 is 0 Å². The number of nitrogens with zero attached hydrogens (tertiary/aromatic N) is 1. The van der Waals surface area contributed by atoms with Gasteiger partial charge in [0.2, 0.25) is 5.88 Å². The van der Waals surface area contributed by atoms with Crippen molar-refractivity contribution in [2.24, 2.45) is 0 Å². The van der Waals surface area contributed by atoms with Gasteiger partial charge in [-0.2, -0.15) is 0 Å². The number of amides is 2. The summed E-state index contributed by atoms with van der Waals surface area (Å²) in [4.78, 5) is 38.6. The molecule has 28 heavy (non-hydrogen) atoms. The van der Waals surface area contributed by atoms with Crippen LogP contribution in [-0.4, -0.2) is 36.4 Å². The minimum Gasteiger partial charge on any atom is -0.469 e. The number of hydrogen-bond donors (Lipinski definition) is 2. The molecule has 1 aromatic carbocycles. The van der Waals surface area contributed by atoms with E-state index in [1.54, 1.807) is 0 Å². The van der Waals surface area contributed by atoms with E-state index in [-0.39, 0.29) is 30.6 Å². The van der Waals surface area contributed by atoms with Gasteiger partial charge in [0.15, 0.2) is 0 Å². The van der Waals surface area contributed by atoms with E-state index in [1.807, 2.05) is 0 Å². The summed E-state index contributed by atoms with van der Waals surface area (Å²) in [5, 5.41) is 4.88. The number of pyridine rings is 1. The number of unbranched alkanes of at least 4 members (excludes halogenated alkanes) is 1. The first-order valence-electron chi connectivity index (χ1n) is 8.53. The van der Waals surface area contributed by atoms with Crippen molar-refractivity contribution in [1.29, 1.82) is 0 Å². The van der Waals surface area contributed by atoms with Gasteiger partial charge in [-0.3, -0.25) is 14.4 Å². The molecule has 8 nitrogen and oxygen atoms in total. The maximum absolute atomic E-state index is 12.9. The van der Waals surface area contributed by atoms with Gasteiger partial charge in [0.25, 0.3) is 0 Å². The molecule has 0 saturated carbocycles. The first-order valence-corrected chi connectivity index (χ1v) is 8.53. The second kappa shape index (κ2) is 10.6. The van der Waals surface area contributed by atoms with Gasteiger partial charge in [-0.15, -0.1) is 0 Å². The average molecular weight is 389 g/mol. The van der Waals surface area contributed by atoms with E-state index < -0.39 is 11.8 Å². The van der Waals surface area contributed by atoms with Crippen LogP contribution in [0.25, 0.3) is 0 Å². The maximum atomic E-state index is 12.9. The molecule has 2 amide bonds. The molecule has 0 saturated heterocycles. The Bertz CT molecular complexity index is 809. The second-order valence-corrected chi connectivity index (χ2v) is 5.68. The van der Waals surface area contributed by atoms with Crippen molar-refractivity contribution in [1.82, 2.24) is 10.3 Å². The molecule has 0 aliphatic heterocycles. The van der Waals surface area contributed by atoms with Crippen LogP contribution in [0.2, 0.25) is 0 Å². The molecule has 0 aliphatic carbocycles. The van der Waals surface area contributed by atoms with Crippen molar-refractivity contribution in [3.8, 4) is 11.6 Å². The van der Waals surface area contributed by atoms with Crippen molar-refractivity contribution in [2.75, 3.05) is 19.0 Å². The number of carbonyl (C=O) groups excluding carboxylic acids is 3. The average Bonchev–Trinajstić information content (AvgIpc) is 2.70. The number of methoxy groups -OCH3 is 1.